The van der Waals surface area contributed by atoms with Crippen molar-refractivity contribution in [1.29, 1.82) is 0 Å². The minimum absolute atomic E-state index is 0.0795. The molecule has 0 aromatic heterocycles. The summed E-state index contributed by atoms with van der Waals surface area (Å²) in [5, 5.41) is 8.67. The van der Waals surface area contributed by atoms with Crippen LogP contribution in [0.2, 0.25) is 0 Å². The lowest BCUT2D eigenvalue weighted by molar-refractivity contribution is -0.143. The number of sulfone groups is 1. The van der Waals surface area contributed by atoms with Crippen LogP contribution >= 0.6 is 0 Å². The molecule has 1 aliphatic heterocycles. The number of fused-ring (bicyclic) bond motifs is 1. The summed E-state index contributed by atoms with van der Waals surface area (Å²) < 4.78 is 36.8. The SMILES string of the molecule is NC[C@@]1(C(=O)O)[C@@H](c2ccc3c(c2)OCO3)[C@@H]1S(=O)(=O)c1ccccc1. The zero-order valence-electron chi connectivity index (χ0n) is 13.7. The third-order valence-electron chi connectivity index (χ3n) is 5.15. The monoisotopic (exact) mass is 375 g/mol. The molecule has 0 bridgehead atoms. The van der Waals surface area contributed by atoms with E-state index in [9.17, 15) is 18.3 Å². The Labute approximate surface area is 150 Å². The van der Waals surface area contributed by atoms with Gasteiger partial charge in [-0.15, -0.1) is 0 Å². The van der Waals surface area contributed by atoms with Crippen LogP contribution in [0.15, 0.2) is 53.4 Å². The molecule has 3 atom stereocenters. The van der Waals surface area contributed by atoms with Gasteiger partial charge in [0.1, 0.15) is 5.41 Å². The summed E-state index contributed by atoms with van der Waals surface area (Å²) in [5.74, 6) is -0.955. The number of hydrogen-bond donors (Lipinski definition) is 2. The van der Waals surface area contributed by atoms with Crippen LogP contribution < -0.4 is 15.2 Å². The minimum atomic E-state index is -3.87. The van der Waals surface area contributed by atoms with Gasteiger partial charge >= 0.3 is 5.97 Å². The molecule has 7 nitrogen and oxygen atoms in total. The fraction of sp³-hybridized carbons (Fsp3) is 0.278. The number of aliphatic carboxylic acids is 1. The summed E-state index contributed by atoms with van der Waals surface area (Å²) in [5.41, 5.74) is 4.77. The van der Waals surface area contributed by atoms with Gasteiger partial charge in [0.25, 0.3) is 0 Å². The maximum atomic E-state index is 13.1. The average Bonchev–Trinajstić information content (AvgIpc) is 3.15. The first-order chi connectivity index (χ1) is 12.4. The summed E-state index contributed by atoms with van der Waals surface area (Å²) in [6, 6.07) is 12.8. The van der Waals surface area contributed by atoms with Gasteiger partial charge in [-0.2, -0.15) is 0 Å². The van der Waals surface area contributed by atoms with E-state index >= 15 is 0 Å². The molecule has 1 saturated carbocycles. The quantitative estimate of drug-likeness (QED) is 0.811. The van der Waals surface area contributed by atoms with E-state index in [2.05, 4.69) is 0 Å². The van der Waals surface area contributed by atoms with E-state index in [0.29, 0.717) is 17.1 Å². The second-order valence-corrected chi connectivity index (χ2v) is 8.49. The van der Waals surface area contributed by atoms with Gasteiger partial charge in [-0.1, -0.05) is 24.3 Å². The number of carboxylic acids is 1. The van der Waals surface area contributed by atoms with Crippen molar-refractivity contribution in [2.75, 3.05) is 13.3 Å². The molecule has 1 heterocycles. The molecule has 0 amide bonds. The highest BCUT2D eigenvalue weighted by molar-refractivity contribution is 7.92. The minimum Gasteiger partial charge on any atom is -0.481 e. The molecule has 0 spiro atoms. The molecule has 2 aliphatic rings. The Morgan fingerprint density at radius 1 is 1.15 bits per heavy atom. The number of nitrogens with two attached hydrogens (primary N) is 1. The molecule has 1 aliphatic carbocycles. The Kier molecular flexibility index (Phi) is 3.71. The van der Waals surface area contributed by atoms with Crippen molar-refractivity contribution < 1.29 is 27.8 Å². The predicted octanol–water partition coefficient (Wildman–Crippen LogP) is 1.38. The normalized spacial score (nSPS) is 26.5. The highest BCUT2D eigenvalue weighted by Gasteiger charge is 2.75. The topological polar surface area (TPSA) is 116 Å². The molecular weight excluding hydrogens is 358 g/mol. The summed E-state index contributed by atoms with van der Waals surface area (Å²) >= 11 is 0. The van der Waals surface area contributed by atoms with Gasteiger partial charge in [0, 0.05) is 12.5 Å². The van der Waals surface area contributed by atoms with E-state index in [1.807, 2.05) is 0 Å². The van der Waals surface area contributed by atoms with Crippen LogP contribution in [0, 0.1) is 5.41 Å². The summed E-state index contributed by atoms with van der Waals surface area (Å²) in [7, 11) is -3.87. The lowest BCUT2D eigenvalue weighted by Gasteiger charge is -2.10. The zero-order chi connectivity index (χ0) is 18.5. The van der Waals surface area contributed by atoms with Gasteiger partial charge in [0.15, 0.2) is 21.3 Å². The third-order valence-corrected chi connectivity index (χ3v) is 7.44. The first kappa shape index (κ1) is 16.9. The van der Waals surface area contributed by atoms with E-state index in [1.54, 1.807) is 36.4 Å². The van der Waals surface area contributed by atoms with Gasteiger partial charge in [0.05, 0.1) is 10.1 Å². The van der Waals surface area contributed by atoms with E-state index in [0.717, 1.165) is 0 Å². The fourth-order valence-electron chi connectivity index (χ4n) is 3.78. The average molecular weight is 375 g/mol. The largest absolute Gasteiger partial charge is 0.481 e. The van der Waals surface area contributed by atoms with Crippen molar-refractivity contribution in [3.05, 3.63) is 54.1 Å². The number of hydrogen-bond acceptors (Lipinski definition) is 6. The summed E-state index contributed by atoms with van der Waals surface area (Å²) in [6.45, 7) is -0.200. The number of benzene rings is 2. The predicted molar refractivity (Wildman–Crippen MR) is 91.8 cm³/mol. The van der Waals surface area contributed by atoms with Crippen molar-refractivity contribution in [3.8, 4) is 11.5 Å². The van der Waals surface area contributed by atoms with Crippen LogP contribution in [-0.2, 0) is 14.6 Å². The first-order valence-corrected chi connectivity index (χ1v) is 9.59. The molecular formula is C18H17NO6S. The maximum absolute atomic E-state index is 13.1. The standard InChI is InChI=1S/C18H17NO6S/c19-9-18(17(20)21)15(11-6-7-13-14(8-11)25-10-24-13)16(18)26(22,23)12-4-2-1-3-5-12/h1-8,15-16H,9-10,19H2,(H,20,21)/t15-,16-,18+/m0/s1. The zero-order valence-corrected chi connectivity index (χ0v) is 14.5. The van der Waals surface area contributed by atoms with E-state index in [4.69, 9.17) is 15.2 Å². The van der Waals surface area contributed by atoms with E-state index in [1.165, 1.54) is 12.1 Å². The molecule has 26 heavy (non-hydrogen) atoms. The van der Waals surface area contributed by atoms with Crippen molar-refractivity contribution in [3.63, 3.8) is 0 Å². The second-order valence-electron chi connectivity index (χ2n) is 6.42. The number of ether oxygens (including phenoxy) is 2. The van der Waals surface area contributed by atoms with Crippen LogP contribution in [0.4, 0.5) is 0 Å². The Hall–Kier alpha value is -2.58. The van der Waals surface area contributed by atoms with Gasteiger partial charge in [-0.25, -0.2) is 8.42 Å². The van der Waals surface area contributed by atoms with Crippen LogP contribution in [0.3, 0.4) is 0 Å². The van der Waals surface area contributed by atoms with E-state index in [-0.39, 0.29) is 18.2 Å². The maximum Gasteiger partial charge on any atom is 0.312 e. The van der Waals surface area contributed by atoms with Gasteiger partial charge < -0.3 is 20.3 Å². The van der Waals surface area contributed by atoms with Crippen molar-refractivity contribution in [1.82, 2.24) is 0 Å². The first-order valence-electron chi connectivity index (χ1n) is 8.05. The molecule has 0 radical (unpaired) electrons. The van der Waals surface area contributed by atoms with Crippen LogP contribution in [0.1, 0.15) is 11.5 Å². The number of carboxylic acid groups (broad SMARTS) is 1. The molecule has 8 heteroatoms. The van der Waals surface area contributed by atoms with Crippen LogP contribution in [-0.4, -0.2) is 38.1 Å². The summed E-state index contributed by atoms with van der Waals surface area (Å²) in [6.07, 6.45) is 0. The molecule has 4 rings (SSSR count). The summed E-state index contributed by atoms with van der Waals surface area (Å²) in [4.78, 5) is 12.1. The third kappa shape index (κ3) is 2.22. The fourth-order valence-corrected chi connectivity index (χ4v) is 6.19. The Morgan fingerprint density at radius 2 is 1.85 bits per heavy atom. The lowest BCUT2D eigenvalue weighted by atomic mass is 9.99. The molecule has 136 valence electrons. The second kappa shape index (κ2) is 5.72. The van der Waals surface area contributed by atoms with E-state index < -0.39 is 32.4 Å². The van der Waals surface area contributed by atoms with Gasteiger partial charge in [-0.05, 0) is 29.8 Å². The van der Waals surface area contributed by atoms with Gasteiger partial charge in [0.2, 0.25) is 6.79 Å². The molecule has 3 N–H and O–H groups in total. The Morgan fingerprint density at radius 3 is 2.50 bits per heavy atom. The Balaban J connectivity index is 1.81. The molecule has 2 aromatic rings. The van der Waals surface area contributed by atoms with Crippen LogP contribution in [0.25, 0.3) is 0 Å². The molecule has 1 fully saturated rings. The smallest absolute Gasteiger partial charge is 0.312 e. The Bertz CT molecular complexity index is 974. The van der Waals surface area contributed by atoms with Crippen molar-refractivity contribution >= 4 is 15.8 Å². The lowest BCUT2D eigenvalue weighted by Crippen LogP contribution is -2.31. The number of carbonyl (C=O) groups is 1. The van der Waals surface area contributed by atoms with Crippen molar-refractivity contribution in [2.24, 2.45) is 11.1 Å². The molecule has 2 aromatic carbocycles. The van der Waals surface area contributed by atoms with Gasteiger partial charge in [-0.3, -0.25) is 4.79 Å². The van der Waals surface area contributed by atoms with Crippen LogP contribution in [0.5, 0.6) is 11.5 Å². The molecule has 0 saturated heterocycles. The highest BCUT2D eigenvalue weighted by Crippen LogP contribution is 2.64. The van der Waals surface area contributed by atoms with Crippen molar-refractivity contribution in [2.45, 2.75) is 16.1 Å². The molecule has 0 unspecified atom stereocenters. The number of rotatable bonds is 5. The highest BCUT2D eigenvalue weighted by atomic mass is 32.2.